The molecule has 0 aromatic carbocycles. The van der Waals surface area contributed by atoms with Crippen molar-refractivity contribution in [3.05, 3.63) is 24.0 Å². The third kappa shape index (κ3) is 5.95. The molecule has 6 heteroatoms. The third-order valence-electron chi connectivity index (χ3n) is 4.66. The number of morpholine rings is 1. The van der Waals surface area contributed by atoms with Gasteiger partial charge < -0.3 is 19.9 Å². The highest BCUT2D eigenvalue weighted by atomic mass is 16.5. The summed E-state index contributed by atoms with van der Waals surface area (Å²) in [6.45, 7) is 15.1. The first-order valence-corrected chi connectivity index (χ1v) is 9.82. The Kier molecular flexibility index (Phi) is 7.85. The van der Waals surface area contributed by atoms with Crippen molar-refractivity contribution in [2.75, 3.05) is 37.6 Å². The molecule has 1 saturated heterocycles. The molecule has 1 aromatic rings. The maximum Gasteiger partial charge on any atom is 0.270 e. The predicted octanol–water partition coefficient (Wildman–Crippen LogP) is 2.55. The van der Waals surface area contributed by atoms with E-state index in [4.69, 9.17) is 4.74 Å². The van der Waals surface area contributed by atoms with Gasteiger partial charge in [0.05, 0.1) is 12.2 Å². The Balaban J connectivity index is 1.99. The minimum Gasteiger partial charge on any atom is -0.372 e. The number of nitrogens with one attached hydrogen (secondary N) is 1. The number of amides is 1. The average molecular weight is 363 g/mol. The molecule has 2 rings (SSSR count). The molecule has 1 aliphatic rings. The second-order valence-corrected chi connectivity index (χ2v) is 7.33. The number of anilines is 1. The van der Waals surface area contributed by atoms with E-state index in [0.29, 0.717) is 5.69 Å². The molecule has 6 nitrogen and oxygen atoms in total. The summed E-state index contributed by atoms with van der Waals surface area (Å²) < 4.78 is 5.79. The summed E-state index contributed by atoms with van der Waals surface area (Å²) in [4.78, 5) is 21.5. The summed E-state index contributed by atoms with van der Waals surface area (Å²) in [6.07, 6.45) is 3.20. The maximum atomic E-state index is 12.6. The van der Waals surface area contributed by atoms with Gasteiger partial charge in [-0.15, -0.1) is 0 Å². The molecule has 0 saturated carbocycles. The number of rotatable bonds is 8. The summed E-state index contributed by atoms with van der Waals surface area (Å²) >= 11 is 0. The summed E-state index contributed by atoms with van der Waals surface area (Å²) in [5.41, 5.74) is 1.50. The molecule has 2 heterocycles. The highest BCUT2D eigenvalue weighted by molar-refractivity contribution is 5.93. The largest absolute Gasteiger partial charge is 0.372 e. The van der Waals surface area contributed by atoms with Crippen LogP contribution in [0, 0.1) is 0 Å². The number of aromatic nitrogens is 1. The van der Waals surface area contributed by atoms with Crippen molar-refractivity contribution in [1.29, 1.82) is 0 Å². The van der Waals surface area contributed by atoms with Gasteiger partial charge in [-0.25, -0.2) is 0 Å². The summed E-state index contributed by atoms with van der Waals surface area (Å²) in [5, 5.41) is 3.08. The molecule has 1 aliphatic heterocycles. The fraction of sp³-hybridized carbons (Fsp3) is 0.700. The van der Waals surface area contributed by atoms with Gasteiger partial charge in [-0.3, -0.25) is 9.78 Å². The average Bonchev–Trinajstić information content (AvgIpc) is 2.60. The Morgan fingerprint density at radius 1 is 1.38 bits per heavy atom. The molecule has 1 amide bonds. The SMILES string of the molecule is CCCN(CC)C[C@@H](C)NC(=O)c1cc(N2C[C@@H](C)O[C@H](C)C2)ccn1. The van der Waals surface area contributed by atoms with Gasteiger partial charge in [-0.1, -0.05) is 13.8 Å². The molecule has 1 N–H and O–H groups in total. The highest BCUT2D eigenvalue weighted by Crippen LogP contribution is 2.20. The van der Waals surface area contributed by atoms with E-state index in [1.807, 2.05) is 19.1 Å². The quantitative estimate of drug-likeness (QED) is 0.770. The number of pyridine rings is 1. The lowest BCUT2D eigenvalue weighted by molar-refractivity contribution is -0.00522. The minimum absolute atomic E-state index is 0.0860. The van der Waals surface area contributed by atoms with Crippen LogP contribution in [0.4, 0.5) is 5.69 Å². The lowest BCUT2D eigenvalue weighted by Gasteiger charge is -2.36. The van der Waals surface area contributed by atoms with Crippen LogP contribution in [-0.2, 0) is 4.74 Å². The van der Waals surface area contributed by atoms with Crippen molar-refractivity contribution in [3.8, 4) is 0 Å². The summed E-state index contributed by atoms with van der Waals surface area (Å²) in [6, 6.07) is 3.93. The number of ether oxygens (including phenoxy) is 1. The van der Waals surface area contributed by atoms with Crippen molar-refractivity contribution in [2.45, 2.75) is 59.3 Å². The smallest absolute Gasteiger partial charge is 0.270 e. The van der Waals surface area contributed by atoms with Gasteiger partial charge in [0.1, 0.15) is 5.69 Å². The van der Waals surface area contributed by atoms with Crippen LogP contribution >= 0.6 is 0 Å². The Hall–Kier alpha value is -1.66. The van der Waals surface area contributed by atoms with Gasteiger partial charge in [0.15, 0.2) is 0 Å². The van der Waals surface area contributed by atoms with Gasteiger partial charge in [-0.2, -0.15) is 0 Å². The van der Waals surface area contributed by atoms with E-state index in [0.717, 1.165) is 44.8 Å². The second kappa shape index (κ2) is 9.88. The molecular weight excluding hydrogens is 328 g/mol. The Morgan fingerprint density at radius 3 is 2.69 bits per heavy atom. The monoisotopic (exact) mass is 362 g/mol. The normalized spacial score (nSPS) is 21.7. The van der Waals surface area contributed by atoms with Crippen LogP contribution in [0.25, 0.3) is 0 Å². The van der Waals surface area contributed by atoms with Crippen LogP contribution < -0.4 is 10.2 Å². The lowest BCUT2D eigenvalue weighted by atomic mass is 10.2. The molecule has 26 heavy (non-hydrogen) atoms. The fourth-order valence-corrected chi connectivity index (χ4v) is 3.55. The molecule has 3 atom stereocenters. The van der Waals surface area contributed by atoms with E-state index in [1.54, 1.807) is 6.20 Å². The highest BCUT2D eigenvalue weighted by Gasteiger charge is 2.23. The van der Waals surface area contributed by atoms with Gasteiger partial charge in [0, 0.05) is 37.6 Å². The Morgan fingerprint density at radius 2 is 2.08 bits per heavy atom. The van der Waals surface area contributed by atoms with Crippen molar-refractivity contribution in [2.24, 2.45) is 0 Å². The van der Waals surface area contributed by atoms with Crippen molar-refractivity contribution in [1.82, 2.24) is 15.2 Å². The Labute approximate surface area is 157 Å². The van der Waals surface area contributed by atoms with Gasteiger partial charge >= 0.3 is 0 Å². The van der Waals surface area contributed by atoms with Gasteiger partial charge in [0.2, 0.25) is 0 Å². The van der Waals surface area contributed by atoms with Crippen LogP contribution in [0.2, 0.25) is 0 Å². The first-order chi connectivity index (χ1) is 12.4. The zero-order valence-electron chi connectivity index (χ0n) is 16.9. The predicted molar refractivity (Wildman–Crippen MR) is 106 cm³/mol. The van der Waals surface area contributed by atoms with E-state index in [2.05, 4.69) is 47.8 Å². The van der Waals surface area contributed by atoms with E-state index < -0.39 is 0 Å². The first kappa shape index (κ1) is 20.6. The number of carbonyl (C=O) groups excluding carboxylic acids is 1. The fourth-order valence-electron chi connectivity index (χ4n) is 3.55. The van der Waals surface area contributed by atoms with Crippen molar-refractivity contribution < 1.29 is 9.53 Å². The van der Waals surface area contributed by atoms with Gasteiger partial charge in [0.25, 0.3) is 5.91 Å². The molecule has 1 fully saturated rings. The number of likely N-dealkylation sites (N-methyl/N-ethyl adjacent to an activating group) is 1. The number of hydrogen-bond donors (Lipinski definition) is 1. The second-order valence-electron chi connectivity index (χ2n) is 7.33. The first-order valence-electron chi connectivity index (χ1n) is 9.82. The van der Waals surface area contributed by atoms with E-state index >= 15 is 0 Å². The van der Waals surface area contributed by atoms with Crippen LogP contribution in [0.15, 0.2) is 18.3 Å². The van der Waals surface area contributed by atoms with Crippen LogP contribution in [0.5, 0.6) is 0 Å². The lowest BCUT2D eigenvalue weighted by Crippen LogP contribution is -2.45. The molecular formula is C20H34N4O2. The van der Waals surface area contributed by atoms with Crippen molar-refractivity contribution in [3.63, 3.8) is 0 Å². The standard InChI is InChI=1S/C20H34N4O2/c1-6-10-23(7-2)12-15(3)22-20(25)19-11-18(8-9-21-19)24-13-16(4)26-17(5)14-24/h8-9,11,15-17H,6-7,10,12-14H2,1-5H3,(H,22,25)/t15-,16-,17-/m1/s1. The van der Waals surface area contributed by atoms with E-state index in [-0.39, 0.29) is 24.2 Å². The van der Waals surface area contributed by atoms with E-state index in [1.165, 1.54) is 0 Å². The minimum atomic E-state index is -0.110. The Bertz CT molecular complexity index is 571. The molecule has 0 unspecified atom stereocenters. The number of hydrogen-bond acceptors (Lipinski definition) is 5. The molecule has 1 aromatic heterocycles. The molecule has 0 bridgehead atoms. The molecule has 146 valence electrons. The van der Waals surface area contributed by atoms with Crippen LogP contribution in [0.3, 0.4) is 0 Å². The van der Waals surface area contributed by atoms with Crippen molar-refractivity contribution >= 4 is 11.6 Å². The van der Waals surface area contributed by atoms with Crippen LogP contribution in [0.1, 0.15) is 51.5 Å². The molecule has 0 aliphatic carbocycles. The topological polar surface area (TPSA) is 57.7 Å². The van der Waals surface area contributed by atoms with Crippen LogP contribution in [-0.4, -0.2) is 66.8 Å². The maximum absolute atomic E-state index is 12.6. The summed E-state index contributed by atoms with van der Waals surface area (Å²) in [5.74, 6) is -0.110. The van der Waals surface area contributed by atoms with Gasteiger partial charge in [-0.05, 0) is 52.4 Å². The number of nitrogens with zero attached hydrogens (tertiary/aromatic N) is 3. The molecule has 0 radical (unpaired) electrons. The zero-order valence-corrected chi connectivity index (χ0v) is 16.9. The third-order valence-corrected chi connectivity index (χ3v) is 4.66. The zero-order chi connectivity index (χ0) is 19.1. The number of carbonyl (C=O) groups is 1. The summed E-state index contributed by atoms with van der Waals surface area (Å²) in [7, 11) is 0. The van der Waals surface area contributed by atoms with E-state index in [9.17, 15) is 4.79 Å². The molecule has 0 spiro atoms.